The summed E-state index contributed by atoms with van der Waals surface area (Å²) >= 11 is 0. The Kier molecular flexibility index (Phi) is 5.93. The molecule has 3 atom stereocenters. The first-order chi connectivity index (χ1) is 16.5. The van der Waals surface area contributed by atoms with Crippen LogP contribution in [0.5, 0.6) is 0 Å². The predicted molar refractivity (Wildman–Crippen MR) is 118 cm³/mol. The molecule has 0 saturated carbocycles. The fourth-order valence-corrected chi connectivity index (χ4v) is 4.46. The van der Waals surface area contributed by atoms with Gasteiger partial charge in [0.15, 0.2) is 0 Å². The zero-order valence-corrected chi connectivity index (χ0v) is 18.0. The van der Waals surface area contributed by atoms with Crippen LogP contribution in [0.2, 0.25) is 0 Å². The highest BCUT2D eigenvalue weighted by Crippen LogP contribution is 2.27. The van der Waals surface area contributed by atoms with Crippen LogP contribution in [0.15, 0.2) is 52.9 Å². The van der Waals surface area contributed by atoms with E-state index < -0.39 is 23.7 Å². The van der Waals surface area contributed by atoms with E-state index in [9.17, 15) is 18.4 Å². The lowest BCUT2D eigenvalue weighted by Gasteiger charge is -2.36. The number of piperazine rings is 1. The van der Waals surface area contributed by atoms with Gasteiger partial charge < -0.3 is 20.4 Å². The number of hydrogen-bond donors (Lipinski definition) is 3. The van der Waals surface area contributed by atoms with Crippen LogP contribution in [0.4, 0.5) is 19.3 Å². The predicted octanol–water partition coefficient (Wildman–Crippen LogP) is 2.32. The number of rotatable bonds is 5. The van der Waals surface area contributed by atoms with E-state index in [0.29, 0.717) is 31.8 Å². The van der Waals surface area contributed by atoms with Gasteiger partial charge in [-0.2, -0.15) is 0 Å². The number of benzene rings is 2. The molecule has 11 heteroatoms. The maximum atomic E-state index is 14.0. The Morgan fingerprint density at radius 2 is 1.88 bits per heavy atom. The molecule has 2 saturated heterocycles. The number of anilines is 1. The minimum Gasteiger partial charge on any atom is -0.421 e. The number of urea groups is 1. The minimum absolute atomic E-state index is 0.0772. The molecule has 2 aromatic carbocycles. The first-order valence-electron chi connectivity index (χ1n) is 10.9. The van der Waals surface area contributed by atoms with Gasteiger partial charge in [0.1, 0.15) is 11.6 Å². The van der Waals surface area contributed by atoms with Crippen LogP contribution in [0.1, 0.15) is 12.3 Å². The van der Waals surface area contributed by atoms with E-state index in [-0.39, 0.29) is 35.1 Å². The van der Waals surface area contributed by atoms with E-state index in [2.05, 4.69) is 26.1 Å². The molecule has 34 heavy (non-hydrogen) atoms. The zero-order chi connectivity index (χ0) is 23.7. The Morgan fingerprint density at radius 1 is 1.12 bits per heavy atom. The van der Waals surface area contributed by atoms with Gasteiger partial charge in [-0.15, -0.1) is 10.2 Å². The van der Waals surface area contributed by atoms with Gasteiger partial charge in [0.25, 0.3) is 5.89 Å². The number of para-hydroxylation sites is 1. The molecule has 0 aliphatic carbocycles. The normalized spacial score (nSPS) is 22.2. The highest BCUT2D eigenvalue weighted by Gasteiger charge is 2.44. The first-order valence-corrected chi connectivity index (χ1v) is 10.9. The van der Waals surface area contributed by atoms with Crippen LogP contribution >= 0.6 is 0 Å². The molecule has 1 aromatic heterocycles. The lowest BCUT2D eigenvalue weighted by atomic mass is 10.1. The Balaban J connectivity index is 1.24. The molecule has 0 spiro atoms. The van der Waals surface area contributed by atoms with E-state index >= 15 is 0 Å². The molecule has 5 rings (SSSR count). The fourth-order valence-electron chi connectivity index (χ4n) is 4.46. The molecule has 0 unspecified atom stereocenters. The SMILES string of the molecule is O=C(Nc1ccccc1F)N[C@H]1C[C@H]2C(=O)NC[C@@H](Cc3nnc(-c4ccccc4F)o3)N2C1. The van der Waals surface area contributed by atoms with Crippen molar-refractivity contribution in [3.8, 4) is 11.5 Å². The highest BCUT2D eigenvalue weighted by atomic mass is 19.1. The monoisotopic (exact) mass is 468 g/mol. The number of hydrogen-bond acceptors (Lipinski definition) is 6. The molecule has 2 fully saturated rings. The van der Waals surface area contributed by atoms with Crippen molar-refractivity contribution in [1.29, 1.82) is 0 Å². The molecule has 2 aliphatic heterocycles. The molecule has 3 aromatic rings. The summed E-state index contributed by atoms with van der Waals surface area (Å²) in [6, 6.07) is 10.6. The third-order valence-electron chi connectivity index (χ3n) is 6.06. The Bertz CT molecular complexity index is 1220. The van der Waals surface area contributed by atoms with Crippen molar-refractivity contribution in [2.75, 3.05) is 18.4 Å². The lowest BCUT2D eigenvalue weighted by Crippen LogP contribution is -2.58. The molecule has 176 valence electrons. The van der Waals surface area contributed by atoms with Crippen LogP contribution < -0.4 is 16.0 Å². The summed E-state index contributed by atoms with van der Waals surface area (Å²) in [7, 11) is 0. The Hall–Kier alpha value is -3.86. The van der Waals surface area contributed by atoms with Crippen LogP contribution in [0.25, 0.3) is 11.5 Å². The first kappa shape index (κ1) is 22.0. The average molecular weight is 468 g/mol. The third-order valence-corrected chi connectivity index (χ3v) is 6.06. The van der Waals surface area contributed by atoms with Crippen molar-refractivity contribution in [1.82, 2.24) is 25.7 Å². The van der Waals surface area contributed by atoms with Gasteiger partial charge in [0, 0.05) is 31.6 Å². The van der Waals surface area contributed by atoms with Gasteiger partial charge in [-0.1, -0.05) is 24.3 Å². The van der Waals surface area contributed by atoms with E-state index in [4.69, 9.17) is 4.42 Å². The van der Waals surface area contributed by atoms with Gasteiger partial charge in [-0.05, 0) is 30.7 Å². The summed E-state index contributed by atoms with van der Waals surface area (Å²) in [6.45, 7) is 0.808. The molecule has 0 radical (unpaired) electrons. The molecular formula is C23H22F2N6O3. The summed E-state index contributed by atoms with van der Waals surface area (Å²) in [5.74, 6) is -0.685. The van der Waals surface area contributed by atoms with Gasteiger partial charge >= 0.3 is 6.03 Å². The molecule has 3 heterocycles. The van der Waals surface area contributed by atoms with Gasteiger partial charge in [0.2, 0.25) is 11.8 Å². The standard InChI is InChI=1S/C23H22F2N6O3/c24-16-6-2-1-5-15(16)22-30-29-20(34-22)10-14-11-26-21(32)19-9-13(12-31(14)19)27-23(33)28-18-8-4-3-7-17(18)25/h1-8,13-14,19H,9-12H2,(H,26,32)(H2,27,28,33)/t13-,14+,19-/m0/s1. The number of aromatic nitrogens is 2. The number of halogens is 2. The maximum Gasteiger partial charge on any atom is 0.319 e. The van der Waals surface area contributed by atoms with Crippen molar-refractivity contribution in [2.45, 2.75) is 31.0 Å². The second kappa shape index (κ2) is 9.18. The average Bonchev–Trinajstić information content (AvgIpc) is 3.45. The van der Waals surface area contributed by atoms with E-state index in [0.717, 1.165) is 0 Å². The quantitative estimate of drug-likeness (QED) is 0.530. The number of nitrogens with one attached hydrogen (secondary N) is 3. The second-order valence-corrected chi connectivity index (χ2v) is 8.31. The fraction of sp³-hybridized carbons (Fsp3) is 0.304. The molecule has 0 bridgehead atoms. The van der Waals surface area contributed by atoms with Crippen LogP contribution in [-0.2, 0) is 11.2 Å². The van der Waals surface area contributed by atoms with E-state index in [1.54, 1.807) is 24.3 Å². The summed E-state index contributed by atoms with van der Waals surface area (Å²) in [5, 5.41) is 16.2. The van der Waals surface area contributed by atoms with Crippen LogP contribution in [0.3, 0.4) is 0 Å². The smallest absolute Gasteiger partial charge is 0.319 e. The number of amides is 3. The number of carbonyl (C=O) groups is 2. The van der Waals surface area contributed by atoms with Crippen molar-refractivity contribution in [3.05, 3.63) is 66.1 Å². The topological polar surface area (TPSA) is 112 Å². The molecule has 9 nitrogen and oxygen atoms in total. The number of fused-ring (bicyclic) bond motifs is 1. The van der Waals surface area contributed by atoms with Crippen molar-refractivity contribution in [3.63, 3.8) is 0 Å². The van der Waals surface area contributed by atoms with Crippen molar-refractivity contribution < 1.29 is 22.8 Å². The third kappa shape index (κ3) is 4.46. The number of carbonyl (C=O) groups excluding carboxylic acids is 2. The minimum atomic E-state index is -0.543. The lowest BCUT2D eigenvalue weighted by molar-refractivity contribution is -0.129. The van der Waals surface area contributed by atoms with E-state index in [1.165, 1.54) is 24.3 Å². The summed E-state index contributed by atoms with van der Waals surface area (Å²) in [5.41, 5.74) is 0.302. The Labute approximate surface area is 193 Å². The van der Waals surface area contributed by atoms with Crippen LogP contribution in [-0.4, -0.2) is 58.3 Å². The molecule has 3 amide bonds. The highest BCUT2D eigenvalue weighted by molar-refractivity contribution is 5.90. The number of nitrogens with zero attached hydrogens (tertiary/aromatic N) is 3. The van der Waals surface area contributed by atoms with Gasteiger partial charge in [-0.3, -0.25) is 9.69 Å². The summed E-state index contributed by atoms with van der Waals surface area (Å²) in [4.78, 5) is 26.8. The van der Waals surface area contributed by atoms with E-state index in [1.807, 2.05) is 4.90 Å². The van der Waals surface area contributed by atoms with Gasteiger partial charge in [0.05, 0.1) is 17.3 Å². The zero-order valence-electron chi connectivity index (χ0n) is 18.0. The molecule has 3 N–H and O–H groups in total. The second-order valence-electron chi connectivity index (χ2n) is 8.31. The van der Waals surface area contributed by atoms with Gasteiger partial charge in [-0.25, -0.2) is 13.6 Å². The molecular weight excluding hydrogens is 446 g/mol. The van der Waals surface area contributed by atoms with Crippen molar-refractivity contribution in [2.24, 2.45) is 0 Å². The Morgan fingerprint density at radius 3 is 2.68 bits per heavy atom. The maximum absolute atomic E-state index is 14.0. The summed E-state index contributed by atoms with van der Waals surface area (Å²) < 4.78 is 33.5. The largest absolute Gasteiger partial charge is 0.421 e. The van der Waals surface area contributed by atoms with Crippen LogP contribution in [0, 0.1) is 11.6 Å². The molecule has 2 aliphatic rings. The summed E-state index contributed by atoms with van der Waals surface area (Å²) in [6.07, 6.45) is 0.768. The van der Waals surface area contributed by atoms with Crippen molar-refractivity contribution >= 4 is 17.6 Å².